The van der Waals surface area contributed by atoms with Gasteiger partial charge in [-0.2, -0.15) is 9.78 Å². The number of rotatable bonds is 6. The molecule has 0 unspecified atom stereocenters. The first-order chi connectivity index (χ1) is 14.2. The summed E-state index contributed by atoms with van der Waals surface area (Å²) in [6.45, 7) is 0. The first-order valence-corrected chi connectivity index (χ1v) is 10.2. The van der Waals surface area contributed by atoms with Crippen molar-refractivity contribution in [3.63, 3.8) is 0 Å². The van der Waals surface area contributed by atoms with E-state index in [4.69, 9.17) is 21.3 Å². The Labute approximate surface area is 176 Å². The van der Waals surface area contributed by atoms with Crippen LogP contribution in [-0.4, -0.2) is 33.7 Å². The van der Waals surface area contributed by atoms with Gasteiger partial charge in [-0.1, -0.05) is 30.3 Å². The smallest absolute Gasteiger partial charge is 0.240 e. The lowest BCUT2D eigenvalue weighted by molar-refractivity contribution is -0.114. The van der Waals surface area contributed by atoms with E-state index in [1.807, 2.05) is 66.0 Å². The van der Waals surface area contributed by atoms with Crippen LogP contribution in [0.25, 0.3) is 27.6 Å². The zero-order chi connectivity index (χ0) is 20.2. The number of halogens is 1. The number of aromatic nitrogens is 3. The SMILES string of the molecule is COc1ccc(-c2csc(-n3nc(-c4ccccc4)cc3NC(=O)CCl)n2)cc1. The molecule has 0 radical (unpaired) electrons. The number of ether oxygens (including phenoxy) is 1. The van der Waals surface area contributed by atoms with E-state index in [2.05, 4.69) is 10.4 Å². The molecule has 29 heavy (non-hydrogen) atoms. The van der Waals surface area contributed by atoms with Crippen molar-refractivity contribution < 1.29 is 9.53 Å². The van der Waals surface area contributed by atoms with E-state index < -0.39 is 0 Å². The molecule has 8 heteroatoms. The van der Waals surface area contributed by atoms with E-state index in [0.717, 1.165) is 28.3 Å². The van der Waals surface area contributed by atoms with Gasteiger partial charge in [0.25, 0.3) is 0 Å². The van der Waals surface area contributed by atoms with Crippen molar-refractivity contribution in [1.29, 1.82) is 0 Å². The summed E-state index contributed by atoms with van der Waals surface area (Å²) in [6, 6.07) is 19.2. The van der Waals surface area contributed by atoms with E-state index in [9.17, 15) is 4.79 Å². The summed E-state index contributed by atoms with van der Waals surface area (Å²) in [5.41, 5.74) is 3.46. The van der Waals surface area contributed by atoms with Crippen LogP contribution in [0.1, 0.15) is 0 Å². The number of alkyl halides is 1. The lowest BCUT2D eigenvalue weighted by Crippen LogP contribution is -2.15. The van der Waals surface area contributed by atoms with E-state index >= 15 is 0 Å². The Morgan fingerprint density at radius 3 is 2.52 bits per heavy atom. The molecule has 6 nitrogen and oxygen atoms in total. The number of carbonyl (C=O) groups excluding carboxylic acids is 1. The monoisotopic (exact) mass is 424 g/mol. The third kappa shape index (κ3) is 4.16. The fraction of sp³-hybridized carbons (Fsp3) is 0.0952. The molecule has 4 aromatic rings. The van der Waals surface area contributed by atoms with E-state index in [1.54, 1.807) is 11.8 Å². The molecule has 146 valence electrons. The predicted molar refractivity (Wildman–Crippen MR) is 116 cm³/mol. The Kier molecular flexibility index (Phi) is 5.59. The van der Waals surface area contributed by atoms with Crippen LogP contribution in [0, 0.1) is 0 Å². The molecule has 0 fully saturated rings. The number of thiazole rings is 1. The van der Waals surface area contributed by atoms with Crippen LogP contribution >= 0.6 is 22.9 Å². The number of amides is 1. The third-order valence-corrected chi connectivity index (χ3v) is 5.29. The van der Waals surface area contributed by atoms with Crippen LogP contribution in [0.4, 0.5) is 5.82 Å². The number of hydrogen-bond acceptors (Lipinski definition) is 5. The third-order valence-electron chi connectivity index (χ3n) is 4.23. The van der Waals surface area contributed by atoms with Crippen LogP contribution < -0.4 is 10.1 Å². The Bertz CT molecular complexity index is 1120. The van der Waals surface area contributed by atoms with Crippen LogP contribution in [0.2, 0.25) is 0 Å². The second-order valence-electron chi connectivity index (χ2n) is 6.12. The molecule has 0 aliphatic carbocycles. The second kappa shape index (κ2) is 8.46. The number of carbonyl (C=O) groups is 1. The Balaban J connectivity index is 1.72. The van der Waals surface area contributed by atoms with Crippen LogP contribution in [0.3, 0.4) is 0 Å². The molecule has 2 aromatic carbocycles. The summed E-state index contributed by atoms with van der Waals surface area (Å²) in [5, 5.41) is 10.0. The number of benzene rings is 2. The molecule has 1 N–H and O–H groups in total. The minimum absolute atomic E-state index is 0.138. The highest BCUT2D eigenvalue weighted by Gasteiger charge is 2.16. The minimum Gasteiger partial charge on any atom is -0.497 e. The highest BCUT2D eigenvalue weighted by Crippen LogP contribution is 2.29. The summed E-state index contributed by atoms with van der Waals surface area (Å²) in [4.78, 5) is 16.6. The van der Waals surface area contributed by atoms with Crippen LogP contribution in [-0.2, 0) is 4.79 Å². The number of anilines is 1. The highest BCUT2D eigenvalue weighted by molar-refractivity contribution is 7.12. The standard InChI is InChI=1S/C21H17ClN4O2S/c1-28-16-9-7-15(8-10-16)18-13-29-21(23-18)26-19(24-20(27)12-22)11-17(25-26)14-5-3-2-4-6-14/h2-11,13H,12H2,1H3,(H,24,27). The Hall–Kier alpha value is -3.16. The van der Waals surface area contributed by atoms with Gasteiger partial charge < -0.3 is 10.1 Å². The van der Waals surface area contributed by atoms with Crippen molar-refractivity contribution in [2.75, 3.05) is 18.3 Å². The highest BCUT2D eigenvalue weighted by atomic mass is 35.5. The molecular formula is C21H17ClN4O2S. The van der Waals surface area contributed by atoms with Gasteiger partial charge in [-0.3, -0.25) is 4.79 Å². The van der Waals surface area contributed by atoms with Gasteiger partial charge in [0, 0.05) is 22.6 Å². The molecule has 1 amide bonds. The maximum Gasteiger partial charge on any atom is 0.240 e. The van der Waals surface area contributed by atoms with Crippen molar-refractivity contribution >= 4 is 34.7 Å². The fourth-order valence-corrected chi connectivity index (χ4v) is 3.66. The summed E-state index contributed by atoms with van der Waals surface area (Å²) < 4.78 is 6.83. The van der Waals surface area contributed by atoms with Crippen molar-refractivity contribution in [1.82, 2.24) is 14.8 Å². The largest absolute Gasteiger partial charge is 0.497 e. The number of nitrogens with zero attached hydrogens (tertiary/aromatic N) is 3. The quantitative estimate of drug-likeness (QED) is 0.449. The maximum absolute atomic E-state index is 11.9. The van der Waals surface area contributed by atoms with Crippen molar-refractivity contribution in [3.05, 3.63) is 66.0 Å². The molecule has 0 saturated carbocycles. The molecule has 2 aromatic heterocycles. The number of nitrogens with one attached hydrogen (secondary N) is 1. The molecule has 0 aliphatic heterocycles. The molecule has 0 aliphatic rings. The van der Waals surface area contributed by atoms with Crippen molar-refractivity contribution in [3.8, 4) is 33.4 Å². The first kappa shape index (κ1) is 19.2. The van der Waals surface area contributed by atoms with E-state index in [0.29, 0.717) is 10.9 Å². The van der Waals surface area contributed by atoms with E-state index in [1.165, 1.54) is 11.3 Å². The van der Waals surface area contributed by atoms with Crippen LogP contribution in [0.15, 0.2) is 66.0 Å². The molecule has 2 heterocycles. The van der Waals surface area contributed by atoms with E-state index in [-0.39, 0.29) is 11.8 Å². The van der Waals surface area contributed by atoms with Crippen LogP contribution in [0.5, 0.6) is 5.75 Å². The molecule has 0 saturated heterocycles. The average molecular weight is 425 g/mol. The Morgan fingerprint density at radius 2 is 1.83 bits per heavy atom. The van der Waals surface area contributed by atoms with Gasteiger partial charge in [0.1, 0.15) is 17.4 Å². The van der Waals surface area contributed by atoms with Gasteiger partial charge >= 0.3 is 0 Å². The van der Waals surface area contributed by atoms with Crippen molar-refractivity contribution in [2.24, 2.45) is 0 Å². The summed E-state index contributed by atoms with van der Waals surface area (Å²) >= 11 is 7.11. The zero-order valence-corrected chi connectivity index (χ0v) is 17.1. The van der Waals surface area contributed by atoms with Gasteiger partial charge in [0.15, 0.2) is 0 Å². The minimum atomic E-state index is -0.306. The number of hydrogen-bond donors (Lipinski definition) is 1. The fourth-order valence-electron chi connectivity index (χ4n) is 2.80. The van der Waals surface area contributed by atoms with Crippen molar-refractivity contribution in [2.45, 2.75) is 0 Å². The zero-order valence-electron chi connectivity index (χ0n) is 15.5. The normalized spacial score (nSPS) is 10.7. The molecule has 0 spiro atoms. The predicted octanol–water partition coefficient (Wildman–Crippen LogP) is 4.85. The first-order valence-electron chi connectivity index (χ1n) is 8.79. The maximum atomic E-state index is 11.9. The van der Waals surface area contributed by atoms with Gasteiger partial charge in [0.05, 0.1) is 18.5 Å². The number of methoxy groups -OCH3 is 1. The summed E-state index contributed by atoms with van der Waals surface area (Å²) in [5.74, 6) is 0.861. The molecule has 0 bridgehead atoms. The lowest BCUT2D eigenvalue weighted by atomic mass is 10.2. The van der Waals surface area contributed by atoms with Gasteiger partial charge in [-0.15, -0.1) is 22.9 Å². The lowest BCUT2D eigenvalue weighted by Gasteiger charge is -2.04. The summed E-state index contributed by atoms with van der Waals surface area (Å²) in [7, 11) is 1.63. The molecule has 0 atom stereocenters. The van der Waals surface area contributed by atoms with Gasteiger partial charge in [-0.25, -0.2) is 4.98 Å². The summed E-state index contributed by atoms with van der Waals surface area (Å²) in [6.07, 6.45) is 0. The van der Waals surface area contributed by atoms with Gasteiger partial charge in [-0.05, 0) is 24.3 Å². The molecule has 4 rings (SSSR count). The van der Waals surface area contributed by atoms with Gasteiger partial charge in [0.2, 0.25) is 11.0 Å². The topological polar surface area (TPSA) is 69.0 Å². The Morgan fingerprint density at radius 1 is 1.10 bits per heavy atom. The second-order valence-corrected chi connectivity index (χ2v) is 7.22. The average Bonchev–Trinajstić information content (AvgIpc) is 3.41. The molecular weight excluding hydrogens is 408 g/mol.